The molecule has 0 saturated carbocycles. The first-order chi connectivity index (χ1) is 21.0. The number of nitrogens with zero attached hydrogens (tertiary/aromatic N) is 1. The highest BCUT2D eigenvalue weighted by Gasteiger charge is 2.46. The van der Waals surface area contributed by atoms with E-state index in [2.05, 4.69) is 10.1 Å². The third-order valence-corrected chi connectivity index (χ3v) is 6.64. The maximum Gasteiger partial charge on any atom is 0.410 e. The number of esters is 2. The summed E-state index contributed by atoms with van der Waals surface area (Å²) in [4.78, 5) is 47.2. The van der Waals surface area contributed by atoms with Gasteiger partial charge >= 0.3 is 23.5 Å². The minimum atomic E-state index is -0.770. The lowest BCUT2D eigenvalue weighted by molar-refractivity contribution is -0.169. The Morgan fingerprint density at radius 1 is 0.761 bits per heavy atom. The molecule has 1 N–H and O–H groups in total. The normalized spacial score (nSPS) is 19.9. The van der Waals surface area contributed by atoms with Gasteiger partial charge in [0.2, 0.25) is 0 Å². The van der Waals surface area contributed by atoms with Crippen molar-refractivity contribution < 1.29 is 38.1 Å². The van der Waals surface area contributed by atoms with E-state index >= 15 is 0 Å². The highest BCUT2D eigenvalue weighted by molar-refractivity contribution is 6.61. The van der Waals surface area contributed by atoms with Gasteiger partial charge in [0.05, 0.1) is 0 Å². The standard InChI is InChI=1S/C17H23NO4.C9H17NO2.C8H7ClO2.ClH/c1-12-10-18(14(12)15(19)22-17(2,3)4)16(20)21-11-13-8-6-5-7-9-13;1-6-5-10-7(6)8(11)12-9(2,3)4;9-8(10)11-6-7-4-2-1-3-5-7;/h5-9,12,14H,10-11H2,1-4H3;6-7,10H,5H2,1-4H3;1-5H,6H2;1H/t12-,14?;6-,7?;;/m00../s1. The first kappa shape index (κ1) is 40.7. The largest absolute Gasteiger partial charge is 0.459 e. The van der Waals surface area contributed by atoms with Crippen molar-refractivity contribution in [2.75, 3.05) is 13.1 Å². The Bertz CT molecular complexity index is 1250. The fraction of sp³-hybridized carbons (Fsp3) is 0.529. The van der Waals surface area contributed by atoms with E-state index in [1.165, 1.54) is 4.90 Å². The van der Waals surface area contributed by atoms with Gasteiger partial charge in [0.25, 0.3) is 0 Å². The molecule has 0 spiro atoms. The van der Waals surface area contributed by atoms with Gasteiger partial charge in [0.15, 0.2) is 0 Å². The van der Waals surface area contributed by atoms with Gasteiger partial charge in [-0.3, -0.25) is 9.69 Å². The fourth-order valence-electron chi connectivity index (χ4n) is 4.27. The molecule has 0 aliphatic carbocycles. The highest BCUT2D eigenvalue weighted by Crippen LogP contribution is 2.28. The Hall–Kier alpha value is -3.34. The third kappa shape index (κ3) is 14.8. The zero-order valence-corrected chi connectivity index (χ0v) is 29.5. The second kappa shape index (κ2) is 18.7. The van der Waals surface area contributed by atoms with E-state index in [-0.39, 0.29) is 55.1 Å². The van der Waals surface area contributed by atoms with Gasteiger partial charge < -0.3 is 24.3 Å². The number of ether oxygens (including phenoxy) is 4. The number of halogens is 2. The van der Waals surface area contributed by atoms with Gasteiger partial charge in [-0.15, -0.1) is 12.4 Å². The average Bonchev–Trinajstić information content (AvgIpc) is 2.92. The number of carbonyl (C=O) groups excluding carboxylic acids is 4. The average molecular weight is 684 g/mol. The van der Waals surface area contributed by atoms with Crippen molar-refractivity contribution in [2.45, 2.75) is 91.9 Å². The maximum atomic E-state index is 12.2. The predicted molar refractivity (Wildman–Crippen MR) is 179 cm³/mol. The van der Waals surface area contributed by atoms with E-state index in [9.17, 15) is 19.2 Å². The molecule has 46 heavy (non-hydrogen) atoms. The van der Waals surface area contributed by atoms with Crippen molar-refractivity contribution in [3.05, 3.63) is 71.8 Å². The molecule has 4 rings (SSSR count). The van der Waals surface area contributed by atoms with Crippen molar-refractivity contribution in [1.82, 2.24) is 10.2 Å². The summed E-state index contributed by atoms with van der Waals surface area (Å²) >= 11 is 4.97. The lowest BCUT2D eigenvalue weighted by Gasteiger charge is -2.44. The SMILES string of the molecule is C[C@H]1CN(C(=O)OCc2ccccc2)C1C(=O)OC(C)(C)C.C[C@H]1CNC1C(=O)OC(C)(C)C.Cl.O=C(Cl)OCc1ccccc1. The monoisotopic (exact) mass is 682 g/mol. The Morgan fingerprint density at radius 3 is 1.59 bits per heavy atom. The van der Waals surface area contributed by atoms with Crippen LogP contribution in [0.1, 0.15) is 66.5 Å². The van der Waals surface area contributed by atoms with Crippen LogP contribution in [-0.2, 0) is 41.8 Å². The van der Waals surface area contributed by atoms with E-state index < -0.39 is 23.2 Å². The van der Waals surface area contributed by atoms with Crippen LogP contribution in [0.2, 0.25) is 0 Å². The fourth-order valence-corrected chi connectivity index (χ4v) is 4.33. The van der Waals surface area contributed by atoms with Gasteiger partial charge in [-0.25, -0.2) is 14.4 Å². The Morgan fingerprint density at radius 2 is 1.22 bits per heavy atom. The van der Waals surface area contributed by atoms with E-state index in [0.29, 0.717) is 12.5 Å². The second-order valence-corrected chi connectivity index (χ2v) is 13.4. The smallest absolute Gasteiger partial charge is 0.410 e. The quantitative estimate of drug-likeness (QED) is 0.197. The van der Waals surface area contributed by atoms with Crippen LogP contribution in [0.4, 0.5) is 9.59 Å². The van der Waals surface area contributed by atoms with Crippen LogP contribution < -0.4 is 5.32 Å². The Labute approximate surface area is 283 Å². The van der Waals surface area contributed by atoms with Crippen LogP contribution in [0, 0.1) is 11.8 Å². The predicted octanol–water partition coefficient (Wildman–Crippen LogP) is 6.91. The molecule has 10 nitrogen and oxygen atoms in total. The highest BCUT2D eigenvalue weighted by atomic mass is 35.5. The van der Waals surface area contributed by atoms with Gasteiger partial charge in [-0.05, 0) is 58.6 Å². The number of rotatable bonds is 6. The summed E-state index contributed by atoms with van der Waals surface area (Å²) in [6.45, 7) is 16.9. The van der Waals surface area contributed by atoms with Gasteiger partial charge in [0, 0.05) is 30.6 Å². The number of likely N-dealkylation sites (tertiary alicyclic amines) is 1. The molecule has 256 valence electrons. The summed E-state index contributed by atoms with van der Waals surface area (Å²) in [5, 5.41) is 3.04. The van der Waals surface area contributed by atoms with Crippen molar-refractivity contribution in [3.8, 4) is 0 Å². The molecule has 2 aromatic carbocycles. The summed E-state index contributed by atoms with van der Waals surface area (Å²) in [6.07, 6.45) is -0.474. The molecule has 2 aliphatic heterocycles. The van der Waals surface area contributed by atoms with Crippen LogP contribution in [-0.4, -0.2) is 64.7 Å². The molecule has 2 heterocycles. The zero-order chi connectivity index (χ0) is 33.8. The molecule has 2 fully saturated rings. The summed E-state index contributed by atoms with van der Waals surface area (Å²) in [5.74, 6) is 0.00290. The van der Waals surface area contributed by atoms with E-state index in [1.807, 2.05) is 116 Å². The second-order valence-electron chi connectivity index (χ2n) is 13.1. The number of amides is 1. The van der Waals surface area contributed by atoms with Crippen LogP contribution in [0.5, 0.6) is 0 Å². The minimum absolute atomic E-state index is 0. The lowest BCUT2D eigenvalue weighted by Crippen LogP contribution is -2.62. The topological polar surface area (TPSA) is 120 Å². The number of hydrogen-bond donors (Lipinski definition) is 1. The van der Waals surface area contributed by atoms with Crippen LogP contribution in [0.3, 0.4) is 0 Å². The van der Waals surface area contributed by atoms with E-state index in [4.69, 9.17) is 25.8 Å². The van der Waals surface area contributed by atoms with Crippen molar-refractivity contribution in [2.24, 2.45) is 11.8 Å². The van der Waals surface area contributed by atoms with Crippen molar-refractivity contribution >= 4 is 47.5 Å². The molecular weight excluding hydrogens is 635 g/mol. The van der Waals surface area contributed by atoms with Gasteiger partial charge in [-0.2, -0.15) is 0 Å². The molecule has 0 aromatic heterocycles. The Kier molecular flexibility index (Phi) is 16.6. The molecular formula is C34H48Cl2N2O8. The first-order valence-electron chi connectivity index (χ1n) is 15.0. The third-order valence-electron chi connectivity index (χ3n) is 6.53. The molecule has 1 amide bonds. The molecule has 12 heteroatoms. The number of nitrogens with one attached hydrogen (secondary N) is 1. The molecule has 4 atom stereocenters. The van der Waals surface area contributed by atoms with Crippen LogP contribution >= 0.6 is 24.0 Å². The molecule has 0 bridgehead atoms. The number of hydrogen-bond acceptors (Lipinski definition) is 9. The zero-order valence-electron chi connectivity index (χ0n) is 27.9. The first-order valence-corrected chi connectivity index (χ1v) is 15.4. The molecule has 2 aliphatic rings. The van der Waals surface area contributed by atoms with Gasteiger partial charge in [-0.1, -0.05) is 74.5 Å². The maximum absolute atomic E-state index is 12.2. The van der Waals surface area contributed by atoms with Crippen molar-refractivity contribution in [3.63, 3.8) is 0 Å². The number of benzene rings is 2. The number of carbonyl (C=O) groups is 4. The summed E-state index contributed by atoms with van der Waals surface area (Å²) in [7, 11) is 0. The summed E-state index contributed by atoms with van der Waals surface area (Å²) in [5.41, 5.74) is 0.147. The van der Waals surface area contributed by atoms with E-state index in [0.717, 1.165) is 17.7 Å². The van der Waals surface area contributed by atoms with Crippen LogP contribution in [0.25, 0.3) is 0 Å². The Balaban J connectivity index is 0.000000374. The van der Waals surface area contributed by atoms with Crippen molar-refractivity contribution in [1.29, 1.82) is 0 Å². The molecule has 2 aromatic rings. The molecule has 2 saturated heterocycles. The molecule has 2 unspecified atom stereocenters. The molecule has 0 radical (unpaired) electrons. The van der Waals surface area contributed by atoms with Gasteiger partial charge in [0.1, 0.15) is 36.5 Å². The minimum Gasteiger partial charge on any atom is -0.459 e. The summed E-state index contributed by atoms with van der Waals surface area (Å²) < 4.78 is 20.4. The van der Waals surface area contributed by atoms with Crippen LogP contribution in [0.15, 0.2) is 60.7 Å². The lowest BCUT2D eigenvalue weighted by atomic mass is 9.91. The van der Waals surface area contributed by atoms with E-state index in [1.54, 1.807) is 0 Å². The summed E-state index contributed by atoms with van der Waals surface area (Å²) in [6, 6.07) is 18.2.